The number of rotatable bonds is 2. The molecular formula is C20H36O2. The van der Waals surface area contributed by atoms with Crippen molar-refractivity contribution in [3.63, 3.8) is 0 Å². The van der Waals surface area contributed by atoms with Crippen molar-refractivity contribution in [2.45, 2.75) is 80.1 Å². The lowest BCUT2D eigenvalue weighted by Gasteiger charge is -2.27. The Labute approximate surface area is 137 Å². The maximum atomic E-state index is 11.4. The SMILES string of the molecule is CC(C)[C@@H]1CC[C@@H](C)CC1=O.CC1CCC(C(C)C)C(=O)C1. The highest BCUT2D eigenvalue weighted by atomic mass is 16.1. The summed E-state index contributed by atoms with van der Waals surface area (Å²) in [5.41, 5.74) is 0. The van der Waals surface area contributed by atoms with Crippen LogP contribution in [0.1, 0.15) is 80.1 Å². The number of ketones is 2. The first-order valence-corrected chi connectivity index (χ1v) is 9.27. The predicted molar refractivity (Wildman–Crippen MR) is 92.7 cm³/mol. The Morgan fingerprint density at radius 1 is 0.682 bits per heavy atom. The van der Waals surface area contributed by atoms with Gasteiger partial charge in [0.25, 0.3) is 0 Å². The molecule has 0 heterocycles. The molecule has 4 atom stereocenters. The minimum Gasteiger partial charge on any atom is -0.299 e. The maximum Gasteiger partial charge on any atom is 0.136 e. The molecule has 2 aliphatic rings. The van der Waals surface area contributed by atoms with Gasteiger partial charge in [-0.05, 0) is 49.4 Å². The number of hydrogen-bond donors (Lipinski definition) is 0. The van der Waals surface area contributed by atoms with E-state index in [1.54, 1.807) is 0 Å². The zero-order chi connectivity index (χ0) is 16.9. The molecule has 22 heavy (non-hydrogen) atoms. The van der Waals surface area contributed by atoms with E-state index in [1.807, 2.05) is 0 Å². The number of carbonyl (C=O) groups is 2. The summed E-state index contributed by atoms with van der Waals surface area (Å²) in [7, 11) is 0. The molecule has 2 aliphatic carbocycles. The second-order valence-electron chi connectivity index (χ2n) is 8.41. The molecular weight excluding hydrogens is 272 g/mol. The van der Waals surface area contributed by atoms with Gasteiger partial charge in [0.2, 0.25) is 0 Å². The maximum absolute atomic E-state index is 11.4. The van der Waals surface area contributed by atoms with Crippen molar-refractivity contribution in [2.24, 2.45) is 35.5 Å². The second kappa shape index (κ2) is 8.84. The molecule has 0 aromatic heterocycles. The third-order valence-electron chi connectivity index (χ3n) is 5.48. The monoisotopic (exact) mass is 308 g/mol. The van der Waals surface area contributed by atoms with Crippen LogP contribution in [0, 0.1) is 35.5 Å². The van der Waals surface area contributed by atoms with Crippen LogP contribution in [0.3, 0.4) is 0 Å². The number of hydrogen-bond acceptors (Lipinski definition) is 2. The molecule has 0 bridgehead atoms. The van der Waals surface area contributed by atoms with Gasteiger partial charge in [0.15, 0.2) is 0 Å². The summed E-state index contributed by atoms with van der Waals surface area (Å²) in [5.74, 6) is 4.11. The van der Waals surface area contributed by atoms with Crippen LogP contribution in [0.4, 0.5) is 0 Å². The van der Waals surface area contributed by atoms with Crippen molar-refractivity contribution in [3.8, 4) is 0 Å². The Bertz CT molecular complexity index is 334. The highest BCUT2D eigenvalue weighted by molar-refractivity contribution is 5.82. The lowest BCUT2D eigenvalue weighted by atomic mass is 9.77. The fourth-order valence-corrected chi connectivity index (χ4v) is 3.85. The summed E-state index contributed by atoms with van der Waals surface area (Å²) < 4.78 is 0. The largest absolute Gasteiger partial charge is 0.299 e. The molecule has 0 aromatic rings. The third-order valence-corrected chi connectivity index (χ3v) is 5.48. The van der Waals surface area contributed by atoms with E-state index in [9.17, 15) is 9.59 Å². The zero-order valence-corrected chi connectivity index (χ0v) is 15.5. The molecule has 0 aliphatic heterocycles. The van der Waals surface area contributed by atoms with Gasteiger partial charge in [-0.3, -0.25) is 9.59 Å². The molecule has 2 heteroatoms. The molecule has 0 spiro atoms. The average Bonchev–Trinajstić information content (AvgIpc) is 2.38. The second-order valence-corrected chi connectivity index (χ2v) is 8.41. The van der Waals surface area contributed by atoms with Gasteiger partial charge in [-0.25, -0.2) is 0 Å². The molecule has 0 aromatic carbocycles. The van der Waals surface area contributed by atoms with E-state index in [0.29, 0.717) is 47.1 Å². The summed E-state index contributed by atoms with van der Waals surface area (Å²) in [4.78, 5) is 22.9. The Morgan fingerprint density at radius 2 is 1.00 bits per heavy atom. The molecule has 0 radical (unpaired) electrons. The smallest absolute Gasteiger partial charge is 0.136 e. The normalized spacial score (nSPS) is 32.9. The first-order valence-electron chi connectivity index (χ1n) is 9.27. The fraction of sp³-hybridized carbons (Fsp3) is 0.900. The van der Waals surface area contributed by atoms with Crippen LogP contribution in [0.2, 0.25) is 0 Å². The van der Waals surface area contributed by atoms with Gasteiger partial charge in [0.05, 0.1) is 0 Å². The molecule has 0 saturated heterocycles. The van der Waals surface area contributed by atoms with E-state index < -0.39 is 0 Å². The molecule has 0 amide bonds. The average molecular weight is 309 g/mol. The first-order chi connectivity index (χ1) is 10.2. The molecule has 2 nitrogen and oxygen atoms in total. The van der Waals surface area contributed by atoms with E-state index in [2.05, 4.69) is 41.5 Å². The van der Waals surface area contributed by atoms with Gasteiger partial charge in [0, 0.05) is 24.7 Å². The zero-order valence-electron chi connectivity index (χ0n) is 15.5. The summed E-state index contributed by atoms with van der Waals surface area (Å²) in [6.07, 6.45) is 6.38. The Hall–Kier alpha value is -0.660. The molecule has 128 valence electrons. The van der Waals surface area contributed by atoms with Gasteiger partial charge in [-0.15, -0.1) is 0 Å². The number of carbonyl (C=O) groups excluding carboxylic acids is 2. The highest BCUT2D eigenvalue weighted by Crippen LogP contribution is 2.30. The highest BCUT2D eigenvalue weighted by Gasteiger charge is 2.28. The van der Waals surface area contributed by atoms with Crippen molar-refractivity contribution in [1.29, 1.82) is 0 Å². The minimum absolute atomic E-state index is 0.367. The van der Waals surface area contributed by atoms with Crippen LogP contribution in [-0.2, 0) is 9.59 Å². The van der Waals surface area contributed by atoms with Crippen LogP contribution >= 0.6 is 0 Å². The van der Waals surface area contributed by atoms with E-state index in [1.165, 1.54) is 12.8 Å². The summed E-state index contributed by atoms with van der Waals surface area (Å²) in [5, 5.41) is 0. The van der Waals surface area contributed by atoms with Crippen molar-refractivity contribution >= 4 is 11.6 Å². The predicted octanol–water partition coefficient (Wildman–Crippen LogP) is 5.30. The Kier molecular flexibility index (Phi) is 7.79. The number of Topliss-reactive ketones (excluding diaryl/α,β-unsaturated/α-hetero) is 2. The van der Waals surface area contributed by atoms with E-state index in [4.69, 9.17) is 0 Å². The summed E-state index contributed by atoms with van der Waals surface area (Å²) in [6, 6.07) is 0. The van der Waals surface area contributed by atoms with Crippen molar-refractivity contribution in [2.75, 3.05) is 0 Å². The first kappa shape index (κ1) is 19.4. The topological polar surface area (TPSA) is 34.1 Å². The Balaban J connectivity index is 0.000000220. The van der Waals surface area contributed by atoms with Crippen LogP contribution in [0.15, 0.2) is 0 Å². The van der Waals surface area contributed by atoms with Crippen LogP contribution in [0.25, 0.3) is 0 Å². The standard InChI is InChI=1S/2C10H18O/c2*1-7(2)9-5-4-8(3)6-10(9)11/h2*7-9H,4-6H2,1-3H3/t8-,9+;/m1./s1. The van der Waals surface area contributed by atoms with Crippen LogP contribution in [0.5, 0.6) is 0 Å². The van der Waals surface area contributed by atoms with Crippen molar-refractivity contribution < 1.29 is 9.59 Å². The van der Waals surface area contributed by atoms with Crippen molar-refractivity contribution in [3.05, 3.63) is 0 Å². The van der Waals surface area contributed by atoms with Gasteiger partial charge in [-0.2, -0.15) is 0 Å². The summed E-state index contributed by atoms with van der Waals surface area (Å²) in [6.45, 7) is 13.0. The van der Waals surface area contributed by atoms with Gasteiger partial charge >= 0.3 is 0 Å². The third kappa shape index (κ3) is 5.85. The van der Waals surface area contributed by atoms with Gasteiger partial charge in [-0.1, -0.05) is 41.5 Å². The van der Waals surface area contributed by atoms with Crippen molar-refractivity contribution in [1.82, 2.24) is 0 Å². The molecule has 2 saturated carbocycles. The minimum atomic E-state index is 0.367. The van der Waals surface area contributed by atoms with E-state index >= 15 is 0 Å². The van der Waals surface area contributed by atoms with E-state index in [-0.39, 0.29) is 0 Å². The van der Waals surface area contributed by atoms with Gasteiger partial charge in [0.1, 0.15) is 11.6 Å². The lowest BCUT2D eigenvalue weighted by molar-refractivity contribution is -0.128. The fourth-order valence-electron chi connectivity index (χ4n) is 3.85. The van der Waals surface area contributed by atoms with Crippen LogP contribution < -0.4 is 0 Å². The summed E-state index contributed by atoms with van der Waals surface area (Å²) >= 11 is 0. The van der Waals surface area contributed by atoms with Crippen LogP contribution in [-0.4, -0.2) is 11.6 Å². The molecule has 2 rings (SSSR count). The van der Waals surface area contributed by atoms with E-state index in [0.717, 1.165) is 25.7 Å². The molecule has 0 N–H and O–H groups in total. The quantitative estimate of drug-likeness (QED) is 0.694. The molecule has 2 unspecified atom stereocenters. The lowest BCUT2D eigenvalue weighted by Crippen LogP contribution is -2.27. The molecule has 2 fully saturated rings. The Morgan fingerprint density at radius 3 is 1.23 bits per heavy atom. The van der Waals surface area contributed by atoms with Gasteiger partial charge < -0.3 is 0 Å².